The molecule has 0 aliphatic carbocycles. The minimum Gasteiger partial charge on any atom is -0.355 e. The molecule has 4 rings (SSSR count). The van der Waals surface area contributed by atoms with Crippen molar-refractivity contribution in [1.29, 1.82) is 0 Å². The number of allylic oxidation sites excluding steroid dienone is 3. The van der Waals surface area contributed by atoms with Crippen LogP contribution in [0.15, 0.2) is 78.9 Å². The molecule has 3 heterocycles. The summed E-state index contributed by atoms with van der Waals surface area (Å²) in [6.07, 6.45) is 3.92. The van der Waals surface area contributed by atoms with Crippen LogP contribution in [-0.2, 0) is 4.79 Å². The van der Waals surface area contributed by atoms with E-state index < -0.39 is 24.3 Å². The van der Waals surface area contributed by atoms with Crippen molar-refractivity contribution in [2.75, 3.05) is 0 Å². The number of H-pyrrole nitrogens is 1. The first-order valence-corrected chi connectivity index (χ1v) is 9.45. The number of fused-ring (bicyclic) bond motifs is 1. The van der Waals surface area contributed by atoms with Gasteiger partial charge >= 0.3 is 6.18 Å². The first-order valence-electron chi connectivity index (χ1n) is 9.07. The van der Waals surface area contributed by atoms with Gasteiger partial charge in [-0.15, -0.1) is 0 Å². The second kappa shape index (κ2) is 7.87. The van der Waals surface area contributed by atoms with Gasteiger partial charge in [-0.1, -0.05) is 29.8 Å². The number of hydrogen-bond acceptors (Lipinski definition) is 3. The lowest BCUT2D eigenvalue weighted by Crippen LogP contribution is -2.51. The van der Waals surface area contributed by atoms with Crippen molar-refractivity contribution < 1.29 is 22.9 Å². The van der Waals surface area contributed by atoms with Gasteiger partial charge in [0.1, 0.15) is 0 Å². The normalized spacial score (nSPS) is 18.8. The molecule has 2 aliphatic heterocycles. The summed E-state index contributed by atoms with van der Waals surface area (Å²) >= 11 is 6.08. The van der Waals surface area contributed by atoms with Crippen molar-refractivity contribution >= 4 is 23.2 Å². The summed E-state index contributed by atoms with van der Waals surface area (Å²) in [6.45, 7) is 0. The highest BCUT2D eigenvalue weighted by atomic mass is 35.5. The summed E-state index contributed by atoms with van der Waals surface area (Å²) in [5, 5.41) is 5.68. The van der Waals surface area contributed by atoms with Gasteiger partial charge in [0.15, 0.2) is 24.6 Å². The predicted octanol–water partition coefficient (Wildman–Crippen LogP) is 3.56. The van der Waals surface area contributed by atoms with Crippen molar-refractivity contribution in [1.82, 2.24) is 15.5 Å². The average molecular weight is 434 g/mol. The molecule has 30 heavy (non-hydrogen) atoms. The molecule has 2 aliphatic rings. The van der Waals surface area contributed by atoms with E-state index in [0.717, 1.165) is 5.56 Å². The van der Waals surface area contributed by atoms with E-state index in [2.05, 4.69) is 15.6 Å². The van der Waals surface area contributed by atoms with Gasteiger partial charge in [-0.3, -0.25) is 4.79 Å². The van der Waals surface area contributed by atoms with Gasteiger partial charge in [0.05, 0.1) is 11.4 Å². The number of nitrogens with zero attached hydrogens (tertiary/aromatic N) is 1. The Balaban J connectivity index is 1.62. The van der Waals surface area contributed by atoms with E-state index >= 15 is 0 Å². The number of benzene rings is 1. The van der Waals surface area contributed by atoms with E-state index in [0.29, 0.717) is 16.4 Å². The van der Waals surface area contributed by atoms with Gasteiger partial charge in [-0.25, -0.2) is 4.98 Å². The standard InChI is InChI=1S/C21H16ClF3N4O/c22-15-7-3-5-13(11-15)17-16-8-1-2-10-29(16)19(27-17)20(30)28-18(21(23,24)25)14-6-4-9-26-12-14/h1-12,18-19,27H,(H,28,30)/p+1. The van der Waals surface area contributed by atoms with Gasteiger partial charge in [0.2, 0.25) is 0 Å². The van der Waals surface area contributed by atoms with Gasteiger partial charge < -0.3 is 15.5 Å². The summed E-state index contributed by atoms with van der Waals surface area (Å²) in [6, 6.07) is 7.62. The molecule has 0 spiro atoms. The first-order chi connectivity index (χ1) is 14.3. The molecule has 154 valence electrons. The minimum atomic E-state index is -4.66. The van der Waals surface area contributed by atoms with Crippen molar-refractivity contribution in [3.05, 3.63) is 95.1 Å². The molecule has 2 atom stereocenters. The maximum atomic E-state index is 13.7. The number of pyridine rings is 1. The third kappa shape index (κ3) is 3.91. The number of carbonyl (C=O) groups is 1. The molecular formula is C21H17ClF3N4O+. The Morgan fingerprint density at radius 2 is 2.07 bits per heavy atom. The Morgan fingerprint density at radius 3 is 2.77 bits per heavy atom. The highest BCUT2D eigenvalue weighted by Crippen LogP contribution is 2.34. The molecule has 5 nitrogen and oxygen atoms in total. The fraction of sp³-hybridized carbons (Fsp3) is 0.143. The van der Waals surface area contributed by atoms with E-state index in [4.69, 9.17) is 11.6 Å². The molecule has 0 fully saturated rings. The largest absolute Gasteiger partial charge is 0.413 e. The number of nitrogens with one attached hydrogen (secondary N) is 3. The molecule has 0 bridgehead atoms. The molecule has 0 saturated carbocycles. The van der Waals surface area contributed by atoms with Gasteiger partial charge in [0, 0.05) is 28.4 Å². The smallest absolute Gasteiger partial charge is 0.355 e. The number of halogens is 4. The molecule has 9 heteroatoms. The molecule has 1 amide bonds. The van der Waals surface area contributed by atoms with Crippen LogP contribution < -0.4 is 15.6 Å². The molecule has 3 N–H and O–H groups in total. The van der Waals surface area contributed by atoms with E-state index in [9.17, 15) is 18.0 Å². The van der Waals surface area contributed by atoms with Gasteiger partial charge in [-0.2, -0.15) is 13.2 Å². The van der Waals surface area contributed by atoms with E-state index in [1.54, 1.807) is 47.5 Å². The highest BCUT2D eigenvalue weighted by Gasteiger charge is 2.45. The number of aromatic nitrogens is 1. The lowest BCUT2D eigenvalue weighted by Gasteiger charge is -2.28. The van der Waals surface area contributed by atoms with Crippen LogP contribution in [0, 0.1) is 0 Å². The summed E-state index contributed by atoms with van der Waals surface area (Å²) in [7, 11) is 0. The Hall–Kier alpha value is -3.26. The van der Waals surface area contributed by atoms with Crippen LogP contribution in [-0.4, -0.2) is 23.1 Å². The SMILES string of the molecule is O=C(NC(c1ccc[nH+]c1)C(F)(F)F)C1NC(c2cccc(Cl)c2)=C2C=CC=CN21. The topological polar surface area (TPSA) is 58.5 Å². The Bertz CT molecular complexity index is 1050. The average Bonchev–Trinajstić information content (AvgIpc) is 3.11. The van der Waals surface area contributed by atoms with Crippen LogP contribution in [0.2, 0.25) is 5.02 Å². The molecule has 0 saturated heterocycles. The summed E-state index contributed by atoms with van der Waals surface area (Å²) in [4.78, 5) is 17.1. The van der Waals surface area contributed by atoms with Crippen LogP contribution in [0.3, 0.4) is 0 Å². The number of hydrogen-bond donors (Lipinski definition) is 2. The molecule has 1 aromatic heterocycles. The molecule has 0 radical (unpaired) electrons. The number of carbonyl (C=O) groups excluding carboxylic acids is 1. The number of amides is 1. The third-order valence-corrected chi connectivity index (χ3v) is 4.98. The van der Waals surface area contributed by atoms with Crippen LogP contribution >= 0.6 is 11.6 Å². The van der Waals surface area contributed by atoms with Crippen molar-refractivity contribution in [2.45, 2.75) is 18.4 Å². The molecule has 2 unspecified atom stereocenters. The summed E-state index contributed by atoms with van der Waals surface area (Å²) in [5.74, 6) is -0.810. The zero-order valence-electron chi connectivity index (χ0n) is 15.5. The fourth-order valence-corrected chi connectivity index (χ4v) is 3.59. The fourth-order valence-electron chi connectivity index (χ4n) is 3.40. The lowest BCUT2D eigenvalue weighted by molar-refractivity contribution is -0.379. The van der Waals surface area contributed by atoms with Crippen LogP contribution in [0.4, 0.5) is 13.2 Å². The zero-order chi connectivity index (χ0) is 21.3. The van der Waals surface area contributed by atoms with Gasteiger partial charge in [-0.05, 0) is 30.4 Å². The van der Waals surface area contributed by atoms with Crippen molar-refractivity contribution in [2.24, 2.45) is 0 Å². The molecule has 1 aromatic carbocycles. The summed E-state index contributed by atoms with van der Waals surface area (Å²) in [5.41, 5.74) is 1.91. The maximum Gasteiger partial charge on any atom is 0.413 e. The van der Waals surface area contributed by atoms with E-state index in [1.165, 1.54) is 24.5 Å². The van der Waals surface area contributed by atoms with Crippen molar-refractivity contribution in [3.63, 3.8) is 0 Å². The Labute approximate surface area is 175 Å². The Kier molecular flexibility index (Phi) is 5.26. The molecular weight excluding hydrogens is 417 g/mol. The maximum absolute atomic E-state index is 13.7. The Morgan fingerprint density at radius 1 is 1.23 bits per heavy atom. The minimum absolute atomic E-state index is 0.0892. The highest BCUT2D eigenvalue weighted by molar-refractivity contribution is 6.30. The van der Waals surface area contributed by atoms with Crippen LogP contribution in [0.5, 0.6) is 0 Å². The number of alkyl halides is 3. The third-order valence-electron chi connectivity index (χ3n) is 4.75. The number of rotatable bonds is 4. The lowest BCUT2D eigenvalue weighted by atomic mass is 10.1. The number of aromatic amines is 1. The zero-order valence-corrected chi connectivity index (χ0v) is 16.2. The monoisotopic (exact) mass is 433 g/mol. The van der Waals surface area contributed by atoms with Crippen LogP contribution in [0.1, 0.15) is 17.2 Å². The van der Waals surface area contributed by atoms with Crippen molar-refractivity contribution in [3.8, 4) is 0 Å². The quantitative estimate of drug-likeness (QED) is 0.775. The first kappa shape index (κ1) is 20.0. The second-order valence-corrected chi connectivity index (χ2v) is 7.18. The molecule has 2 aromatic rings. The van der Waals surface area contributed by atoms with Gasteiger partial charge in [0.25, 0.3) is 5.91 Å². The van der Waals surface area contributed by atoms with Crippen LogP contribution in [0.25, 0.3) is 5.70 Å². The predicted molar refractivity (Wildman–Crippen MR) is 105 cm³/mol. The summed E-state index contributed by atoms with van der Waals surface area (Å²) < 4.78 is 41.0. The van der Waals surface area contributed by atoms with E-state index in [1.807, 2.05) is 6.07 Å². The second-order valence-electron chi connectivity index (χ2n) is 6.75. The van der Waals surface area contributed by atoms with E-state index in [-0.39, 0.29) is 5.56 Å².